The third-order valence-electron chi connectivity index (χ3n) is 2.47. The summed E-state index contributed by atoms with van der Waals surface area (Å²) in [6.07, 6.45) is -3.59. The van der Waals surface area contributed by atoms with Crippen LogP contribution < -0.4 is 0 Å². The number of hydrogen-bond acceptors (Lipinski definition) is 1. The Bertz CT molecular complexity index is 185. The summed E-state index contributed by atoms with van der Waals surface area (Å²) in [7, 11) is 0. The highest BCUT2D eigenvalue weighted by molar-refractivity contribution is 5.78. The van der Waals surface area contributed by atoms with E-state index in [2.05, 4.69) is 0 Å². The summed E-state index contributed by atoms with van der Waals surface area (Å²) in [6, 6.07) is 0. The van der Waals surface area contributed by atoms with Crippen molar-refractivity contribution in [2.75, 3.05) is 0 Å². The fraction of sp³-hybridized carbons (Fsp3) is 0.875. The molecule has 1 rings (SSSR count). The van der Waals surface area contributed by atoms with E-state index in [-0.39, 0.29) is 24.5 Å². The molecule has 1 saturated carbocycles. The van der Waals surface area contributed by atoms with Gasteiger partial charge < -0.3 is 0 Å². The van der Waals surface area contributed by atoms with E-state index in [1.54, 1.807) is 0 Å². The van der Waals surface area contributed by atoms with Crippen LogP contribution in [-0.4, -0.2) is 12.0 Å². The first kappa shape index (κ1) is 9.55. The maximum atomic E-state index is 12.1. The van der Waals surface area contributed by atoms with Crippen molar-refractivity contribution < 1.29 is 18.0 Å². The topological polar surface area (TPSA) is 17.1 Å². The average molecular weight is 180 g/mol. The SMILES string of the molecule is CC(=O)C1CCC(C(F)(F)F)C1. The zero-order valence-corrected chi connectivity index (χ0v) is 6.82. The third kappa shape index (κ3) is 1.99. The summed E-state index contributed by atoms with van der Waals surface area (Å²) in [5.41, 5.74) is 0. The van der Waals surface area contributed by atoms with Crippen LogP contribution >= 0.6 is 0 Å². The standard InChI is InChI=1S/C8H11F3O/c1-5(12)6-2-3-7(4-6)8(9,10)11/h6-7H,2-4H2,1H3. The molecule has 0 bridgehead atoms. The molecule has 1 fully saturated rings. The number of carbonyl (C=O) groups excluding carboxylic acids is 1. The first-order chi connectivity index (χ1) is 5.41. The second-order valence-electron chi connectivity index (χ2n) is 3.36. The minimum Gasteiger partial charge on any atom is -0.300 e. The number of hydrogen-bond donors (Lipinski definition) is 0. The summed E-state index contributed by atoms with van der Waals surface area (Å²) in [5.74, 6) is -1.70. The molecular weight excluding hydrogens is 169 g/mol. The van der Waals surface area contributed by atoms with E-state index in [1.165, 1.54) is 6.92 Å². The summed E-state index contributed by atoms with van der Waals surface area (Å²) < 4.78 is 36.3. The van der Waals surface area contributed by atoms with E-state index >= 15 is 0 Å². The van der Waals surface area contributed by atoms with Crippen molar-refractivity contribution in [1.82, 2.24) is 0 Å². The molecule has 0 spiro atoms. The summed E-state index contributed by atoms with van der Waals surface area (Å²) in [5, 5.41) is 0. The van der Waals surface area contributed by atoms with Crippen LogP contribution in [0.15, 0.2) is 0 Å². The van der Waals surface area contributed by atoms with Crippen LogP contribution in [0.25, 0.3) is 0 Å². The molecule has 0 N–H and O–H groups in total. The second kappa shape index (κ2) is 3.07. The highest BCUT2D eigenvalue weighted by Crippen LogP contribution is 2.41. The van der Waals surface area contributed by atoms with Gasteiger partial charge in [-0.05, 0) is 26.2 Å². The molecule has 0 radical (unpaired) electrons. The molecule has 0 amide bonds. The van der Waals surface area contributed by atoms with E-state index in [9.17, 15) is 18.0 Å². The van der Waals surface area contributed by atoms with Gasteiger partial charge >= 0.3 is 6.18 Å². The Morgan fingerprint density at radius 2 is 1.92 bits per heavy atom. The predicted octanol–water partition coefficient (Wildman–Crippen LogP) is 2.55. The van der Waals surface area contributed by atoms with Gasteiger partial charge in [0.15, 0.2) is 0 Å². The number of carbonyl (C=O) groups is 1. The Labute approximate surface area is 68.9 Å². The van der Waals surface area contributed by atoms with Gasteiger partial charge in [0.25, 0.3) is 0 Å². The van der Waals surface area contributed by atoms with E-state index in [1.807, 2.05) is 0 Å². The van der Waals surface area contributed by atoms with E-state index in [4.69, 9.17) is 0 Å². The zero-order chi connectivity index (χ0) is 9.35. The Kier molecular flexibility index (Phi) is 2.44. The maximum Gasteiger partial charge on any atom is 0.391 e. The van der Waals surface area contributed by atoms with Crippen molar-refractivity contribution in [2.24, 2.45) is 11.8 Å². The largest absolute Gasteiger partial charge is 0.391 e. The maximum absolute atomic E-state index is 12.1. The molecule has 70 valence electrons. The van der Waals surface area contributed by atoms with Gasteiger partial charge in [0.1, 0.15) is 5.78 Å². The molecule has 0 aromatic carbocycles. The molecular formula is C8H11F3O. The van der Waals surface area contributed by atoms with Gasteiger partial charge in [-0.15, -0.1) is 0 Å². The van der Waals surface area contributed by atoms with Gasteiger partial charge in [-0.2, -0.15) is 13.2 Å². The fourth-order valence-electron chi connectivity index (χ4n) is 1.65. The number of Topliss-reactive ketones (excluding diaryl/α,β-unsaturated/α-hetero) is 1. The first-order valence-corrected chi connectivity index (χ1v) is 3.98. The van der Waals surface area contributed by atoms with Crippen molar-refractivity contribution in [1.29, 1.82) is 0 Å². The van der Waals surface area contributed by atoms with Crippen molar-refractivity contribution in [3.63, 3.8) is 0 Å². The van der Waals surface area contributed by atoms with Crippen LogP contribution in [0, 0.1) is 11.8 Å². The lowest BCUT2D eigenvalue weighted by Gasteiger charge is -2.13. The monoisotopic (exact) mass is 180 g/mol. The van der Waals surface area contributed by atoms with Gasteiger partial charge in [0.2, 0.25) is 0 Å². The third-order valence-corrected chi connectivity index (χ3v) is 2.47. The summed E-state index contributed by atoms with van der Waals surface area (Å²) >= 11 is 0. The van der Waals surface area contributed by atoms with Crippen molar-refractivity contribution in [3.05, 3.63) is 0 Å². The molecule has 2 unspecified atom stereocenters. The van der Waals surface area contributed by atoms with Crippen LogP contribution in [0.2, 0.25) is 0 Å². The molecule has 0 aromatic heterocycles. The van der Waals surface area contributed by atoms with Crippen molar-refractivity contribution in [2.45, 2.75) is 32.4 Å². The van der Waals surface area contributed by atoms with Crippen molar-refractivity contribution in [3.8, 4) is 0 Å². The van der Waals surface area contributed by atoms with Gasteiger partial charge in [0.05, 0.1) is 5.92 Å². The minimum atomic E-state index is -4.11. The summed E-state index contributed by atoms with van der Waals surface area (Å²) in [6.45, 7) is 1.36. The normalized spacial score (nSPS) is 30.7. The minimum absolute atomic E-state index is 0.00116. The molecule has 1 aliphatic rings. The first-order valence-electron chi connectivity index (χ1n) is 3.98. The summed E-state index contributed by atoms with van der Waals surface area (Å²) in [4.78, 5) is 10.8. The fourth-order valence-corrected chi connectivity index (χ4v) is 1.65. The van der Waals surface area contributed by atoms with Crippen LogP contribution in [-0.2, 0) is 4.79 Å². The molecule has 2 atom stereocenters. The average Bonchev–Trinajstić information content (AvgIpc) is 2.30. The lowest BCUT2D eigenvalue weighted by molar-refractivity contribution is -0.173. The second-order valence-corrected chi connectivity index (χ2v) is 3.36. The molecule has 1 aliphatic carbocycles. The molecule has 0 aromatic rings. The quantitative estimate of drug-likeness (QED) is 0.606. The molecule has 4 heteroatoms. The Morgan fingerprint density at radius 3 is 2.17 bits per heavy atom. The van der Waals surface area contributed by atoms with Gasteiger partial charge in [0, 0.05) is 5.92 Å². The number of rotatable bonds is 1. The number of halogens is 3. The molecule has 0 aliphatic heterocycles. The van der Waals surface area contributed by atoms with E-state index in [0.29, 0.717) is 6.42 Å². The van der Waals surface area contributed by atoms with Crippen LogP contribution in [0.3, 0.4) is 0 Å². The molecule has 12 heavy (non-hydrogen) atoms. The predicted molar refractivity (Wildman–Crippen MR) is 37.6 cm³/mol. The lowest BCUT2D eigenvalue weighted by Crippen LogP contribution is -2.20. The van der Waals surface area contributed by atoms with Gasteiger partial charge in [-0.1, -0.05) is 0 Å². The highest BCUT2D eigenvalue weighted by Gasteiger charge is 2.44. The van der Waals surface area contributed by atoms with Crippen molar-refractivity contribution >= 4 is 5.78 Å². The van der Waals surface area contributed by atoms with Gasteiger partial charge in [-0.3, -0.25) is 4.79 Å². The Hall–Kier alpha value is -0.540. The zero-order valence-electron chi connectivity index (χ0n) is 6.82. The van der Waals surface area contributed by atoms with Gasteiger partial charge in [-0.25, -0.2) is 0 Å². The Balaban J connectivity index is 2.51. The number of alkyl halides is 3. The molecule has 1 nitrogen and oxygen atoms in total. The van der Waals surface area contributed by atoms with E-state index in [0.717, 1.165) is 0 Å². The Morgan fingerprint density at radius 1 is 1.33 bits per heavy atom. The highest BCUT2D eigenvalue weighted by atomic mass is 19.4. The smallest absolute Gasteiger partial charge is 0.300 e. The number of ketones is 1. The molecule has 0 heterocycles. The van der Waals surface area contributed by atoms with Crippen LogP contribution in [0.5, 0.6) is 0 Å². The van der Waals surface area contributed by atoms with Crippen LogP contribution in [0.4, 0.5) is 13.2 Å². The van der Waals surface area contributed by atoms with E-state index < -0.39 is 12.1 Å². The lowest BCUT2D eigenvalue weighted by atomic mass is 10.0. The van der Waals surface area contributed by atoms with Crippen LogP contribution in [0.1, 0.15) is 26.2 Å². The molecule has 0 saturated heterocycles.